The number of nitrogens with zero attached hydrogens (tertiary/aromatic N) is 4. The minimum Gasteiger partial charge on any atom is -0.356 e. The van der Waals surface area contributed by atoms with Crippen molar-refractivity contribution in [2.45, 2.75) is 33.3 Å². The summed E-state index contributed by atoms with van der Waals surface area (Å²) in [7, 11) is 1.61. The molecule has 2 heterocycles. The number of amides is 1. The molecule has 1 aliphatic rings. The monoisotopic (exact) mass is 434 g/mol. The molecule has 4 N–H and O–H groups in total. The predicted octanol–water partition coefficient (Wildman–Crippen LogP) is 2.96. The third-order valence-corrected chi connectivity index (χ3v) is 5.52. The number of carbonyl (C=O) groups excluding carboxylic acids is 1. The van der Waals surface area contributed by atoms with Gasteiger partial charge >= 0.3 is 0 Å². The summed E-state index contributed by atoms with van der Waals surface area (Å²) < 4.78 is 1.80. The van der Waals surface area contributed by atoms with Crippen LogP contribution in [0.25, 0.3) is 0 Å². The molecule has 1 unspecified atom stereocenters. The van der Waals surface area contributed by atoms with Crippen LogP contribution in [0, 0.1) is 5.92 Å². The molecule has 3 aromatic rings. The van der Waals surface area contributed by atoms with Gasteiger partial charge in [-0.15, -0.1) is 0 Å². The van der Waals surface area contributed by atoms with Crippen LogP contribution >= 0.6 is 0 Å². The molecule has 1 amide bonds. The Kier molecular flexibility index (Phi) is 6.16. The molecule has 1 aromatic heterocycles. The minimum atomic E-state index is -1.06. The lowest BCUT2D eigenvalue weighted by molar-refractivity contribution is 0.0124. The summed E-state index contributed by atoms with van der Waals surface area (Å²) in [5, 5.41) is 19.0. The van der Waals surface area contributed by atoms with Crippen molar-refractivity contribution in [2.75, 3.05) is 23.8 Å². The van der Waals surface area contributed by atoms with Crippen LogP contribution in [-0.2, 0) is 13.1 Å². The smallest absolute Gasteiger partial charge is 0.264 e. The normalized spacial score (nSPS) is 15.9. The zero-order valence-electron chi connectivity index (χ0n) is 18.7. The van der Waals surface area contributed by atoms with Crippen molar-refractivity contribution in [1.82, 2.24) is 14.7 Å². The van der Waals surface area contributed by atoms with E-state index in [-0.39, 0.29) is 11.8 Å². The third-order valence-electron chi connectivity index (χ3n) is 5.52. The van der Waals surface area contributed by atoms with Crippen LogP contribution in [0.5, 0.6) is 0 Å². The van der Waals surface area contributed by atoms with Gasteiger partial charge in [0.05, 0.1) is 6.54 Å². The highest BCUT2D eigenvalue weighted by atomic mass is 16.3. The average Bonchev–Trinajstić information content (AvgIpc) is 3.13. The van der Waals surface area contributed by atoms with Gasteiger partial charge in [-0.25, -0.2) is 4.68 Å². The Labute approximate surface area is 188 Å². The van der Waals surface area contributed by atoms with Gasteiger partial charge in [0.2, 0.25) is 6.35 Å². The fourth-order valence-electron chi connectivity index (χ4n) is 3.95. The number of para-hydroxylation sites is 1. The standard InChI is InChI=1S/C24H30N6O2/c1-16(2)14-29-22-20(23(31)28(3)24(29)32)21(26-19-10-5-4-6-11-19)30(27-22)15-18-9-7-8-17(12-18)13-25/h4-12,16,24,26,32H,13-15,25H2,1-3H3. The molecule has 0 radical (unpaired) electrons. The second-order valence-electron chi connectivity index (χ2n) is 8.53. The number of nitrogens with two attached hydrogens (primary N) is 1. The highest BCUT2D eigenvalue weighted by molar-refractivity contribution is 6.06. The van der Waals surface area contributed by atoms with Crippen molar-refractivity contribution >= 4 is 23.2 Å². The summed E-state index contributed by atoms with van der Waals surface area (Å²) in [6.45, 7) is 5.62. The minimum absolute atomic E-state index is 0.270. The fourth-order valence-corrected chi connectivity index (χ4v) is 3.95. The number of fused-ring (bicyclic) bond motifs is 1. The molecule has 4 rings (SSSR count). The number of nitrogens with one attached hydrogen (secondary N) is 1. The number of aromatic nitrogens is 2. The zero-order valence-corrected chi connectivity index (χ0v) is 18.7. The van der Waals surface area contributed by atoms with Crippen LogP contribution in [-0.4, -0.2) is 45.6 Å². The molecule has 1 atom stereocenters. The predicted molar refractivity (Wildman–Crippen MR) is 126 cm³/mol. The largest absolute Gasteiger partial charge is 0.356 e. The number of aliphatic hydroxyl groups excluding tert-OH is 1. The van der Waals surface area contributed by atoms with Gasteiger partial charge in [-0.2, -0.15) is 5.10 Å². The van der Waals surface area contributed by atoms with Crippen molar-refractivity contribution in [3.63, 3.8) is 0 Å². The Bertz CT molecular complexity index is 1100. The number of anilines is 3. The molecule has 0 fully saturated rings. The lowest BCUT2D eigenvalue weighted by atomic mass is 10.1. The third kappa shape index (κ3) is 4.19. The molecule has 0 saturated heterocycles. The van der Waals surface area contributed by atoms with Gasteiger partial charge in [0, 0.05) is 25.8 Å². The van der Waals surface area contributed by atoms with Crippen LogP contribution in [0.3, 0.4) is 0 Å². The van der Waals surface area contributed by atoms with E-state index in [1.165, 1.54) is 4.90 Å². The Hall–Kier alpha value is -3.36. The van der Waals surface area contributed by atoms with Crippen molar-refractivity contribution in [3.8, 4) is 0 Å². The Morgan fingerprint density at radius 2 is 1.84 bits per heavy atom. The van der Waals surface area contributed by atoms with E-state index < -0.39 is 6.35 Å². The number of carbonyl (C=O) groups is 1. The van der Waals surface area contributed by atoms with Crippen LogP contribution in [0.15, 0.2) is 54.6 Å². The Balaban J connectivity index is 1.84. The molecular formula is C24H30N6O2. The summed E-state index contributed by atoms with van der Waals surface area (Å²) in [5.41, 5.74) is 9.18. The van der Waals surface area contributed by atoms with E-state index >= 15 is 0 Å². The first-order chi connectivity index (χ1) is 15.4. The lowest BCUT2D eigenvalue weighted by Crippen LogP contribution is -2.54. The van der Waals surface area contributed by atoms with Gasteiger partial charge in [0.25, 0.3) is 5.91 Å². The highest BCUT2D eigenvalue weighted by Gasteiger charge is 2.40. The van der Waals surface area contributed by atoms with Gasteiger partial charge in [-0.3, -0.25) is 9.69 Å². The number of hydrogen-bond donors (Lipinski definition) is 3. The van der Waals surface area contributed by atoms with Gasteiger partial charge in [0.15, 0.2) is 5.82 Å². The van der Waals surface area contributed by atoms with Crippen molar-refractivity contribution in [1.29, 1.82) is 0 Å². The van der Waals surface area contributed by atoms with E-state index in [1.807, 2.05) is 54.6 Å². The van der Waals surface area contributed by atoms with Crippen molar-refractivity contribution < 1.29 is 9.90 Å². The summed E-state index contributed by atoms with van der Waals surface area (Å²) in [5.74, 6) is 1.09. The molecule has 0 bridgehead atoms. The van der Waals surface area contributed by atoms with Crippen molar-refractivity contribution in [2.24, 2.45) is 11.7 Å². The maximum absolute atomic E-state index is 13.3. The van der Waals surface area contributed by atoms with E-state index in [0.717, 1.165) is 16.8 Å². The Morgan fingerprint density at radius 1 is 1.12 bits per heavy atom. The van der Waals surface area contributed by atoms with Crippen LogP contribution in [0.4, 0.5) is 17.3 Å². The first kappa shape index (κ1) is 21.9. The first-order valence-corrected chi connectivity index (χ1v) is 10.8. The second kappa shape index (κ2) is 9.02. The SMILES string of the molecule is CC(C)CN1c2nn(Cc3cccc(CN)c3)c(Nc3ccccc3)c2C(=O)N(C)C1O. The summed E-state index contributed by atoms with van der Waals surface area (Å²) >= 11 is 0. The number of aliphatic hydroxyl groups is 1. The summed E-state index contributed by atoms with van der Waals surface area (Å²) in [4.78, 5) is 16.4. The summed E-state index contributed by atoms with van der Waals surface area (Å²) in [6, 6.07) is 17.7. The quantitative estimate of drug-likeness (QED) is 0.529. The maximum Gasteiger partial charge on any atom is 0.264 e. The molecule has 0 aliphatic carbocycles. The molecular weight excluding hydrogens is 404 g/mol. The number of benzene rings is 2. The topological polar surface area (TPSA) is 99.7 Å². The van der Waals surface area contributed by atoms with Gasteiger partial charge in [-0.05, 0) is 29.2 Å². The summed E-state index contributed by atoms with van der Waals surface area (Å²) in [6.07, 6.45) is -1.06. The lowest BCUT2D eigenvalue weighted by Gasteiger charge is -2.39. The fraction of sp³-hybridized carbons (Fsp3) is 0.333. The van der Waals surface area contributed by atoms with Crippen LogP contribution < -0.4 is 16.0 Å². The van der Waals surface area contributed by atoms with Gasteiger partial charge < -0.3 is 21.1 Å². The molecule has 8 heteroatoms. The van der Waals surface area contributed by atoms with E-state index in [9.17, 15) is 9.90 Å². The molecule has 0 saturated carbocycles. The second-order valence-corrected chi connectivity index (χ2v) is 8.53. The molecule has 168 valence electrons. The molecule has 2 aromatic carbocycles. The average molecular weight is 435 g/mol. The zero-order chi connectivity index (χ0) is 22.8. The van der Waals surface area contributed by atoms with E-state index in [1.54, 1.807) is 16.6 Å². The molecule has 8 nitrogen and oxygen atoms in total. The van der Waals surface area contributed by atoms with Crippen molar-refractivity contribution in [3.05, 3.63) is 71.3 Å². The highest BCUT2D eigenvalue weighted by Crippen LogP contribution is 2.36. The van der Waals surface area contributed by atoms with Gasteiger partial charge in [-0.1, -0.05) is 56.3 Å². The molecule has 32 heavy (non-hydrogen) atoms. The van der Waals surface area contributed by atoms with E-state index in [4.69, 9.17) is 10.8 Å². The molecule has 0 spiro atoms. The number of hydrogen-bond acceptors (Lipinski definition) is 6. The molecule has 1 aliphatic heterocycles. The Morgan fingerprint density at radius 3 is 2.53 bits per heavy atom. The number of rotatable bonds is 7. The van der Waals surface area contributed by atoms with E-state index in [2.05, 4.69) is 19.2 Å². The van der Waals surface area contributed by atoms with Crippen LogP contribution in [0.2, 0.25) is 0 Å². The maximum atomic E-state index is 13.3. The van der Waals surface area contributed by atoms with E-state index in [0.29, 0.717) is 36.8 Å². The van der Waals surface area contributed by atoms with Crippen LogP contribution in [0.1, 0.15) is 35.3 Å². The first-order valence-electron chi connectivity index (χ1n) is 10.8. The van der Waals surface area contributed by atoms with Gasteiger partial charge in [0.1, 0.15) is 11.4 Å².